The summed E-state index contributed by atoms with van der Waals surface area (Å²) in [4.78, 5) is 62.0. The first kappa shape index (κ1) is 25.1. The lowest BCUT2D eigenvalue weighted by molar-refractivity contribution is -0.137. The first-order valence-corrected chi connectivity index (χ1v) is 12.1. The van der Waals surface area contributed by atoms with Gasteiger partial charge < -0.3 is 15.5 Å². The largest absolute Gasteiger partial charge is 0.368 e. The highest BCUT2D eigenvalue weighted by molar-refractivity contribution is 6.05. The molecule has 2 unspecified atom stereocenters. The molecule has 36 heavy (non-hydrogen) atoms. The molecule has 0 bridgehead atoms. The zero-order chi connectivity index (χ0) is 26.0. The van der Waals surface area contributed by atoms with Gasteiger partial charge in [-0.15, -0.1) is 0 Å². The van der Waals surface area contributed by atoms with E-state index in [1.165, 1.54) is 0 Å². The summed E-state index contributed by atoms with van der Waals surface area (Å²) < 4.78 is 0. The van der Waals surface area contributed by atoms with Gasteiger partial charge in [0, 0.05) is 30.6 Å². The second-order valence-electron chi connectivity index (χ2n) is 9.70. The number of primary amides is 1. The summed E-state index contributed by atoms with van der Waals surface area (Å²) in [5, 5.41) is 2.28. The van der Waals surface area contributed by atoms with Gasteiger partial charge in [-0.1, -0.05) is 50.2 Å². The summed E-state index contributed by atoms with van der Waals surface area (Å²) in [5.41, 5.74) is 8.68. The Morgan fingerprint density at radius 3 is 2.06 bits per heavy atom. The molecule has 3 aliphatic rings. The molecule has 0 aliphatic carbocycles. The molecule has 1 saturated heterocycles. The molecular weight excluding hydrogens is 460 g/mol. The minimum atomic E-state index is -0.525. The predicted molar refractivity (Wildman–Crippen MR) is 131 cm³/mol. The Morgan fingerprint density at radius 2 is 1.53 bits per heavy atom. The van der Waals surface area contributed by atoms with E-state index in [1.54, 1.807) is 21.9 Å². The van der Waals surface area contributed by atoms with Crippen LogP contribution in [0.5, 0.6) is 0 Å². The predicted octanol–water partition coefficient (Wildman–Crippen LogP) is 1.99. The molecule has 2 aromatic carbocycles. The van der Waals surface area contributed by atoms with Crippen LogP contribution in [0.4, 0.5) is 0 Å². The summed E-state index contributed by atoms with van der Waals surface area (Å²) in [6.45, 7) is 4.96. The van der Waals surface area contributed by atoms with Crippen molar-refractivity contribution in [2.24, 2.45) is 11.7 Å². The number of fused-ring (bicyclic) bond motifs is 2. The standard InChI is InChI=1S/C14H18N2O2.C13H12N2O3/c1-9(2)7-12(13(15)17)16-8-10-5-3-4-6-11(10)14(16)18;16-11-6-5-10(12(17)14-11)15-7-8-3-1-2-4-9(8)13(15)18/h3-6,9,12H,7-8H2,1-2H3,(H2,15,17);1-4,10H,5-7H2,(H,14,16,17). The summed E-state index contributed by atoms with van der Waals surface area (Å²) in [7, 11) is 0. The molecule has 0 radical (unpaired) electrons. The Kier molecular flexibility index (Phi) is 7.19. The first-order chi connectivity index (χ1) is 17.2. The third-order valence-corrected chi connectivity index (χ3v) is 6.68. The highest BCUT2D eigenvalue weighted by Gasteiger charge is 2.39. The summed E-state index contributed by atoms with van der Waals surface area (Å²) in [5.74, 6) is -0.952. The quantitative estimate of drug-likeness (QED) is 0.619. The molecular formula is C27H30N4O5. The van der Waals surface area contributed by atoms with Gasteiger partial charge in [-0.25, -0.2) is 0 Å². The molecule has 3 aliphatic heterocycles. The lowest BCUT2D eigenvalue weighted by atomic mass is 10.0. The number of piperidine rings is 1. The van der Waals surface area contributed by atoms with Crippen LogP contribution in [0.15, 0.2) is 48.5 Å². The SMILES string of the molecule is CC(C)CC(C(N)=O)N1Cc2ccccc2C1=O.O=C1CCC(N2Cc3ccccc3C2=O)C(=O)N1. The maximum atomic E-state index is 12.2. The number of amides is 5. The number of imide groups is 1. The molecule has 1 fully saturated rings. The van der Waals surface area contributed by atoms with Gasteiger partial charge in [0.15, 0.2) is 0 Å². The number of rotatable bonds is 5. The van der Waals surface area contributed by atoms with E-state index in [0.717, 1.165) is 11.1 Å². The molecule has 9 heteroatoms. The van der Waals surface area contributed by atoms with Gasteiger partial charge in [-0.05, 0) is 42.0 Å². The van der Waals surface area contributed by atoms with Crippen LogP contribution in [0.3, 0.4) is 0 Å². The summed E-state index contributed by atoms with van der Waals surface area (Å²) in [6, 6.07) is 13.8. The maximum Gasteiger partial charge on any atom is 0.255 e. The molecule has 3 N–H and O–H groups in total. The Balaban J connectivity index is 0.000000169. The van der Waals surface area contributed by atoms with Crippen LogP contribution in [0.2, 0.25) is 0 Å². The van der Waals surface area contributed by atoms with Crippen LogP contribution in [0, 0.1) is 5.92 Å². The van der Waals surface area contributed by atoms with Gasteiger partial charge in [0.2, 0.25) is 17.7 Å². The van der Waals surface area contributed by atoms with E-state index in [4.69, 9.17) is 5.73 Å². The Bertz CT molecular complexity index is 1220. The average molecular weight is 491 g/mol. The van der Waals surface area contributed by atoms with Crippen molar-refractivity contribution in [2.75, 3.05) is 0 Å². The summed E-state index contributed by atoms with van der Waals surface area (Å²) in [6.07, 6.45) is 1.30. The molecule has 3 heterocycles. The van der Waals surface area contributed by atoms with Crippen molar-refractivity contribution in [1.29, 1.82) is 0 Å². The third-order valence-electron chi connectivity index (χ3n) is 6.68. The number of benzene rings is 2. The normalized spacial score (nSPS) is 19.5. The highest BCUT2D eigenvalue weighted by Crippen LogP contribution is 2.28. The van der Waals surface area contributed by atoms with Crippen molar-refractivity contribution in [3.8, 4) is 0 Å². The van der Waals surface area contributed by atoms with Crippen LogP contribution < -0.4 is 11.1 Å². The van der Waals surface area contributed by atoms with Gasteiger partial charge in [0.1, 0.15) is 12.1 Å². The molecule has 9 nitrogen and oxygen atoms in total. The molecule has 0 aromatic heterocycles. The average Bonchev–Trinajstić information content (AvgIpc) is 3.35. The molecule has 5 amide bonds. The van der Waals surface area contributed by atoms with Crippen molar-refractivity contribution in [3.63, 3.8) is 0 Å². The highest BCUT2D eigenvalue weighted by atomic mass is 16.2. The van der Waals surface area contributed by atoms with Gasteiger partial charge in [-0.2, -0.15) is 0 Å². The van der Waals surface area contributed by atoms with E-state index in [-0.39, 0.29) is 30.0 Å². The zero-order valence-electron chi connectivity index (χ0n) is 20.4. The van der Waals surface area contributed by atoms with Crippen molar-refractivity contribution in [1.82, 2.24) is 15.1 Å². The van der Waals surface area contributed by atoms with E-state index >= 15 is 0 Å². The van der Waals surface area contributed by atoms with Gasteiger partial charge in [-0.3, -0.25) is 29.3 Å². The monoisotopic (exact) mass is 490 g/mol. The molecule has 2 aromatic rings. The fourth-order valence-electron chi connectivity index (χ4n) is 4.88. The number of carbonyl (C=O) groups is 5. The Morgan fingerprint density at radius 1 is 0.944 bits per heavy atom. The first-order valence-electron chi connectivity index (χ1n) is 12.1. The third kappa shape index (κ3) is 5.00. The molecule has 2 atom stereocenters. The molecule has 0 spiro atoms. The lowest BCUT2D eigenvalue weighted by Crippen LogP contribution is -2.52. The minimum absolute atomic E-state index is 0.0879. The van der Waals surface area contributed by atoms with Crippen molar-refractivity contribution < 1.29 is 24.0 Å². The number of hydrogen-bond donors (Lipinski definition) is 2. The van der Waals surface area contributed by atoms with Gasteiger partial charge >= 0.3 is 0 Å². The molecule has 5 rings (SSSR count). The van der Waals surface area contributed by atoms with Crippen LogP contribution in [0.1, 0.15) is 65.0 Å². The van der Waals surface area contributed by atoms with Crippen LogP contribution in [-0.2, 0) is 27.5 Å². The van der Waals surface area contributed by atoms with Gasteiger partial charge in [0.05, 0.1) is 0 Å². The van der Waals surface area contributed by atoms with E-state index in [1.807, 2.05) is 50.2 Å². The fourth-order valence-corrected chi connectivity index (χ4v) is 4.88. The molecule has 0 saturated carbocycles. The van der Waals surface area contributed by atoms with E-state index in [9.17, 15) is 24.0 Å². The van der Waals surface area contributed by atoms with Crippen molar-refractivity contribution in [3.05, 3.63) is 70.8 Å². The zero-order valence-corrected chi connectivity index (χ0v) is 20.4. The Hall–Kier alpha value is -4.01. The summed E-state index contributed by atoms with van der Waals surface area (Å²) >= 11 is 0. The maximum absolute atomic E-state index is 12.2. The number of nitrogens with two attached hydrogens (primary N) is 1. The van der Waals surface area contributed by atoms with Crippen LogP contribution in [-0.4, -0.2) is 51.4 Å². The van der Waals surface area contributed by atoms with Gasteiger partial charge in [0.25, 0.3) is 11.8 Å². The lowest BCUT2D eigenvalue weighted by Gasteiger charge is -2.29. The smallest absolute Gasteiger partial charge is 0.255 e. The number of hydrogen-bond acceptors (Lipinski definition) is 5. The minimum Gasteiger partial charge on any atom is -0.368 e. The van der Waals surface area contributed by atoms with E-state index in [2.05, 4.69) is 5.32 Å². The number of nitrogens with zero attached hydrogens (tertiary/aromatic N) is 2. The Labute approximate surface area is 209 Å². The van der Waals surface area contributed by atoms with E-state index in [0.29, 0.717) is 43.0 Å². The fraction of sp³-hybridized carbons (Fsp3) is 0.370. The van der Waals surface area contributed by atoms with Crippen LogP contribution in [0.25, 0.3) is 0 Å². The van der Waals surface area contributed by atoms with E-state index < -0.39 is 18.0 Å². The second-order valence-corrected chi connectivity index (χ2v) is 9.70. The van der Waals surface area contributed by atoms with Crippen LogP contribution >= 0.6 is 0 Å². The van der Waals surface area contributed by atoms with Crippen molar-refractivity contribution >= 4 is 29.5 Å². The second kappa shape index (κ2) is 10.3. The molecule has 188 valence electrons. The van der Waals surface area contributed by atoms with Crippen molar-refractivity contribution in [2.45, 2.75) is 58.3 Å². The topological polar surface area (TPSA) is 130 Å². The number of carbonyl (C=O) groups excluding carboxylic acids is 5. The number of nitrogens with one attached hydrogen (secondary N) is 1.